The van der Waals surface area contributed by atoms with Crippen molar-refractivity contribution in [3.63, 3.8) is 0 Å². The van der Waals surface area contributed by atoms with Crippen LogP contribution in [0, 0.1) is 5.92 Å². The first kappa shape index (κ1) is 20.7. The number of likely N-dealkylation sites (N-methyl/N-ethyl adjacent to an activating group) is 1. The molecule has 2 fully saturated rings. The largest absolute Gasteiger partial charge is 0.303 e. The third kappa shape index (κ3) is 3.17. The number of fused-ring (bicyclic) bond motifs is 7. The molecule has 2 aliphatic carbocycles. The van der Waals surface area contributed by atoms with E-state index in [-0.39, 0.29) is 0 Å². The zero-order chi connectivity index (χ0) is 22.9. The van der Waals surface area contributed by atoms with Gasteiger partial charge in [0.2, 0.25) is 17.1 Å². The fourth-order valence-electron chi connectivity index (χ4n) is 5.72. The van der Waals surface area contributed by atoms with Crippen molar-refractivity contribution in [1.29, 1.82) is 0 Å². The Balaban J connectivity index is 1.64. The first-order valence-electron chi connectivity index (χ1n) is 12.1. The molecule has 0 aromatic carbocycles. The van der Waals surface area contributed by atoms with E-state index in [4.69, 9.17) is 4.98 Å². The van der Waals surface area contributed by atoms with Crippen LogP contribution in [-0.2, 0) is 7.05 Å². The molecule has 0 bridgehead atoms. The second kappa shape index (κ2) is 7.57. The van der Waals surface area contributed by atoms with Gasteiger partial charge in [0, 0.05) is 30.5 Å². The van der Waals surface area contributed by atoms with Gasteiger partial charge in [0.1, 0.15) is 5.69 Å². The zero-order valence-corrected chi connectivity index (χ0v) is 20.0. The number of anilines is 1. The molecule has 7 heteroatoms. The minimum absolute atomic E-state index is 0.527. The third-order valence-corrected chi connectivity index (χ3v) is 7.64. The molecule has 172 valence electrons. The average molecular weight is 446 g/mol. The minimum Gasteiger partial charge on any atom is -0.303 e. The van der Waals surface area contributed by atoms with Gasteiger partial charge in [-0.1, -0.05) is 11.6 Å². The summed E-state index contributed by atoms with van der Waals surface area (Å²) in [5.41, 5.74) is 9.58. The Kier molecular flexibility index (Phi) is 4.74. The Morgan fingerprint density at radius 1 is 1.18 bits per heavy atom. The van der Waals surface area contributed by atoms with Crippen molar-refractivity contribution in [3.05, 3.63) is 46.8 Å². The Morgan fingerprint density at radius 3 is 2.82 bits per heavy atom. The van der Waals surface area contributed by atoms with Crippen LogP contribution < -0.4 is 14.9 Å². The number of hydroxylamine groups is 1. The summed E-state index contributed by atoms with van der Waals surface area (Å²) in [6.45, 7) is 8.33. The van der Waals surface area contributed by atoms with Crippen molar-refractivity contribution in [3.8, 4) is 0 Å². The number of imidazole rings is 1. The van der Waals surface area contributed by atoms with Gasteiger partial charge in [0.05, 0.1) is 37.1 Å². The molecule has 4 heterocycles. The highest BCUT2D eigenvalue weighted by atomic mass is 16.5. The molecule has 2 N–H and O–H groups in total. The van der Waals surface area contributed by atoms with Gasteiger partial charge in [0.15, 0.2) is 0 Å². The van der Waals surface area contributed by atoms with Crippen LogP contribution in [0.25, 0.3) is 28.5 Å². The lowest BCUT2D eigenvalue weighted by Gasteiger charge is -2.21. The molecule has 0 amide bonds. The fraction of sp³-hybridized carbons (Fsp3) is 0.462. The molecule has 0 spiro atoms. The summed E-state index contributed by atoms with van der Waals surface area (Å²) in [6.07, 6.45) is 6.96. The molecule has 3 aliphatic rings. The van der Waals surface area contributed by atoms with E-state index in [0.29, 0.717) is 11.8 Å². The number of allylic oxidation sites excluding steroid dienone is 2. The highest BCUT2D eigenvalue weighted by molar-refractivity contribution is 5.88. The Hall–Kier alpha value is -2.90. The van der Waals surface area contributed by atoms with Crippen molar-refractivity contribution in [2.45, 2.75) is 32.6 Å². The van der Waals surface area contributed by atoms with Crippen LogP contribution >= 0.6 is 0 Å². The molecule has 33 heavy (non-hydrogen) atoms. The lowest BCUT2D eigenvalue weighted by molar-refractivity contribution is -0.634. The molecule has 7 nitrogen and oxygen atoms in total. The fourth-order valence-corrected chi connectivity index (χ4v) is 5.72. The Bertz CT molecular complexity index is 1330. The van der Waals surface area contributed by atoms with Gasteiger partial charge in [-0.2, -0.15) is 0 Å². The number of hydrogen-bond acceptors (Lipinski definition) is 5. The topological polar surface area (TPSA) is 59.9 Å². The second-order valence-electron chi connectivity index (χ2n) is 10.1. The maximum atomic E-state index is 9.99. The van der Waals surface area contributed by atoms with E-state index in [1.165, 1.54) is 30.0 Å². The van der Waals surface area contributed by atoms with Crippen LogP contribution in [0.3, 0.4) is 0 Å². The molecule has 1 aliphatic heterocycles. The number of nitrogens with one attached hydrogen (secondary N) is 1. The van der Waals surface area contributed by atoms with Gasteiger partial charge in [-0.15, -0.1) is 0 Å². The number of pyridine rings is 2. The predicted octanol–water partition coefficient (Wildman–Crippen LogP) is 3.31. The predicted molar refractivity (Wildman–Crippen MR) is 131 cm³/mol. The monoisotopic (exact) mass is 445 g/mol. The molecule has 2 atom stereocenters. The molecule has 6 rings (SSSR count). The number of aryl methyl sites for hydroxylation is 1. The van der Waals surface area contributed by atoms with E-state index in [1.54, 1.807) is 0 Å². The van der Waals surface area contributed by atoms with Gasteiger partial charge in [0.25, 0.3) is 0 Å². The van der Waals surface area contributed by atoms with Gasteiger partial charge in [-0.05, 0) is 57.9 Å². The van der Waals surface area contributed by atoms with Crippen molar-refractivity contribution < 1.29 is 9.77 Å². The second-order valence-corrected chi connectivity index (χ2v) is 10.1. The summed E-state index contributed by atoms with van der Waals surface area (Å²) in [5, 5.41) is 11.1. The number of rotatable bonds is 3. The van der Waals surface area contributed by atoms with Crippen LogP contribution in [0.5, 0.6) is 0 Å². The standard InChI is InChI=1S/C26H33N6O/c1-16(2)23(28-33)20-15-18-7-9-22(31-11-5-10-29(3)12-13-31)30(4)26(18)32-21-8-6-17-14-19(17)24(21)27-25(20)32/h6-9,15,17,19,28,33H,5,10-14H2,1-4H3/q+1. The lowest BCUT2D eigenvalue weighted by atomic mass is 10.1. The first-order valence-corrected chi connectivity index (χ1v) is 12.1. The Morgan fingerprint density at radius 2 is 2.03 bits per heavy atom. The van der Waals surface area contributed by atoms with Gasteiger partial charge >= 0.3 is 0 Å². The maximum Gasteiger partial charge on any atom is 0.242 e. The number of nitrogens with zero attached hydrogens (tertiary/aromatic N) is 5. The summed E-state index contributed by atoms with van der Waals surface area (Å²) in [6, 6.07) is 6.64. The number of hydrogen-bond donors (Lipinski definition) is 2. The molecular weight excluding hydrogens is 412 g/mol. The highest BCUT2D eigenvalue weighted by Crippen LogP contribution is 2.52. The summed E-state index contributed by atoms with van der Waals surface area (Å²) in [5.74, 6) is 2.40. The number of aromatic nitrogens is 3. The van der Waals surface area contributed by atoms with Crippen LogP contribution in [0.2, 0.25) is 0 Å². The normalized spacial score (nSPS) is 22.3. The van der Waals surface area contributed by atoms with E-state index < -0.39 is 0 Å². The van der Waals surface area contributed by atoms with E-state index in [2.05, 4.69) is 68.7 Å². The minimum atomic E-state index is 0.527. The van der Waals surface area contributed by atoms with Crippen LogP contribution in [0.1, 0.15) is 49.6 Å². The first-order chi connectivity index (χ1) is 16.0. The molecule has 1 saturated carbocycles. The van der Waals surface area contributed by atoms with E-state index in [1.807, 2.05) is 13.8 Å². The molecule has 0 radical (unpaired) electrons. The molecule has 1 saturated heterocycles. The summed E-state index contributed by atoms with van der Waals surface area (Å²) in [7, 11) is 4.39. The van der Waals surface area contributed by atoms with Crippen molar-refractivity contribution in [1.82, 2.24) is 19.8 Å². The van der Waals surface area contributed by atoms with Crippen LogP contribution in [-0.4, -0.2) is 52.7 Å². The SMILES string of the molecule is CC(C)=C(NO)c1cc2ccc(N3CCCN(C)CC3)[n+](C)c2n2c3c(nc12)C1CC1C=C3. The Labute approximate surface area is 194 Å². The molecule has 2 unspecified atom stereocenters. The smallest absolute Gasteiger partial charge is 0.242 e. The van der Waals surface area contributed by atoms with E-state index in [0.717, 1.165) is 59.7 Å². The summed E-state index contributed by atoms with van der Waals surface area (Å²) in [4.78, 5) is 10.1. The van der Waals surface area contributed by atoms with Gasteiger partial charge in [-0.25, -0.2) is 14.0 Å². The maximum absolute atomic E-state index is 9.99. The van der Waals surface area contributed by atoms with Gasteiger partial charge < -0.3 is 4.90 Å². The van der Waals surface area contributed by atoms with Crippen LogP contribution in [0.15, 0.2) is 29.8 Å². The lowest BCUT2D eigenvalue weighted by Crippen LogP contribution is -2.42. The summed E-state index contributed by atoms with van der Waals surface area (Å²) >= 11 is 0. The zero-order valence-electron chi connectivity index (χ0n) is 20.0. The van der Waals surface area contributed by atoms with Crippen LogP contribution in [0.4, 0.5) is 5.82 Å². The third-order valence-electron chi connectivity index (χ3n) is 7.64. The van der Waals surface area contributed by atoms with Gasteiger partial charge in [-0.3, -0.25) is 15.6 Å². The molecule has 3 aromatic heterocycles. The summed E-state index contributed by atoms with van der Waals surface area (Å²) < 4.78 is 4.65. The average Bonchev–Trinajstić information content (AvgIpc) is 3.53. The molecular formula is C26H33N6O+. The van der Waals surface area contributed by atoms with Crippen molar-refractivity contribution in [2.75, 3.05) is 38.1 Å². The quantitative estimate of drug-likeness (QED) is 0.479. The highest BCUT2D eigenvalue weighted by Gasteiger charge is 2.44. The van der Waals surface area contributed by atoms with Crippen molar-refractivity contribution in [2.24, 2.45) is 13.0 Å². The van der Waals surface area contributed by atoms with E-state index in [9.17, 15) is 5.21 Å². The van der Waals surface area contributed by atoms with E-state index >= 15 is 0 Å². The molecule has 3 aromatic rings. The van der Waals surface area contributed by atoms with Crippen molar-refractivity contribution >= 4 is 34.3 Å².